The van der Waals surface area contributed by atoms with E-state index in [-0.39, 0.29) is 31.0 Å². The summed E-state index contributed by atoms with van der Waals surface area (Å²) in [5.41, 5.74) is 3.11. The molecule has 4 rings (SSSR count). The van der Waals surface area contributed by atoms with Crippen molar-refractivity contribution in [3.8, 4) is 11.4 Å². The highest BCUT2D eigenvalue weighted by molar-refractivity contribution is 6.30. The van der Waals surface area contributed by atoms with Gasteiger partial charge in [0.1, 0.15) is 6.10 Å². The van der Waals surface area contributed by atoms with Gasteiger partial charge in [-0.15, -0.1) is 0 Å². The molecular weight excluding hydrogens is 443 g/mol. The van der Waals surface area contributed by atoms with Gasteiger partial charge in [-0.1, -0.05) is 50.9 Å². The molecule has 1 heterocycles. The van der Waals surface area contributed by atoms with Crippen molar-refractivity contribution in [2.24, 2.45) is 24.8 Å². The molecule has 0 spiro atoms. The Bertz CT molecular complexity index is 1080. The fourth-order valence-electron chi connectivity index (χ4n) is 5.08. The lowest BCUT2D eigenvalue weighted by molar-refractivity contribution is -0.634. The van der Waals surface area contributed by atoms with Crippen LogP contribution < -0.4 is 17.0 Å². The highest BCUT2D eigenvalue weighted by Gasteiger charge is 2.34. The van der Waals surface area contributed by atoms with Crippen LogP contribution in [0.5, 0.6) is 0 Å². The van der Waals surface area contributed by atoms with Gasteiger partial charge in [0.15, 0.2) is 17.6 Å². The molecule has 0 radical (unpaired) electrons. The van der Waals surface area contributed by atoms with Gasteiger partial charge in [-0.25, -0.2) is 13.9 Å². The number of esters is 1. The number of nitrogens with zero attached hydrogens (tertiary/aromatic N) is 2. The second-order valence-corrected chi connectivity index (χ2v) is 9.76. The maximum Gasteiger partial charge on any atom is 0.348 e. The molecule has 172 valence electrons. The number of carbonyl (C=O) groups excluding carboxylic acids is 1. The Hall–Kier alpha value is -2.04. The summed E-state index contributed by atoms with van der Waals surface area (Å²) < 4.78 is 10.3. The first-order valence-electron chi connectivity index (χ1n) is 11.3. The molecule has 3 aromatic rings. The molecule has 1 aliphatic carbocycles. The summed E-state index contributed by atoms with van der Waals surface area (Å²) in [4.78, 5) is 13.2. The Morgan fingerprint density at radius 3 is 2.53 bits per heavy atom. The van der Waals surface area contributed by atoms with Crippen molar-refractivity contribution in [3.05, 3.63) is 53.6 Å². The van der Waals surface area contributed by atoms with Crippen molar-refractivity contribution in [2.45, 2.75) is 52.7 Å². The molecule has 3 atom stereocenters. The molecule has 2 aromatic carbocycles. The van der Waals surface area contributed by atoms with E-state index in [9.17, 15) is 4.79 Å². The van der Waals surface area contributed by atoms with Crippen LogP contribution in [-0.2, 0) is 23.1 Å². The number of carbonyl (C=O) groups is 1. The third-order valence-corrected chi connectivity index (χ3v) is 6.99. The minimum atomic E-state index is -0.165. The Morgan fingerprint density at radius 2 is 1.84 bits per heavy atom. The molecule has 1 aliphatic rings. The zero-order valence-corrected chi connectivity index (χ0v) is 20.7. The summed E-state index contributed by atoms with van der Waals surface area (Å²) in [7, 11) is 2.03. The normalized spacial score (nSPS) is 20.9. The first-order chi connectivity index (χ1) is 14.8. The van der Waals surface area contributed by atoms with E-state index in [1.54, 1.807) is 0 Å². The number of halogens is 2. The van der Waals surface area contributed by atoms with Crippen LogP contribution in [0.25, 0.3) is 22.4 Å². The van der Waals surface area contributed by atoms with Crippen LogP contribution in [0, 0.1) is 17.8 Å². The molecule has 6 heteroatoms. The number of aromatic nitrogens is 2. The molecular formula is C26H32Cl2N2O2. The van der Waals surface area contributed by atoms with Crippen LogP contribution >= 0.6 is 11.6 Å². The van der Waals surface area contributed by atoms with Crippen molar-refractivity contribution in [1.82, 2.24) is 4.57 Å². The van der Waals surface area contributed by atoms with Crippen LogP contribution in [0.15, 0.2) is 48.5 Å². The maximum absolute atomic E-state index is 13.2. The van der Waals surface area contributed by atoms with Gasteiger partial charge in [-0.05, 0) is 67.0 Å². The molecule has 0 aliphatic heterocycles. The lowest BCUT2D eigenvalue weighted by atomic mass is 9.75. The largest absolute Gasteiger partial charge is 1.00 e. The van der Waals surface area contributed by atoms with E-state index in [1.807, 2.05) is 43.4 Å². The van der Waals surface area contributed by atoms with Crippen molar-refractivity contribution < 1.29 is 26.5 Å². The second-order valence-electron chi connectivity index (χ2n) is 9.32. The predicted molar refractivity (Wildman–Crippen MR) is 125 cm³/mol. The van der Waals surface area contributed by atoms with E-state index in [2.05, 4.69) is 42.0 Å². The maximum atomic E-state index is 13.2. The molecule has 1 fully saturated rings. The molecule has 0 amide bonds. The van der Waals surface area contributed by atoms with E-state index in [1.165, 1.54) is 6.42 Å². The number of benzene rings is 2. The molecule has 4 nitrogen and oxygen atoms in total. The zero-order chi connectivity index (χ0) is 22.1. The Morgan fingerprint density at radius 1 is 1.16 bits per heavy atom. The monoisotopic (exact) mass is 474 g/mol. The highest BCUT2D eigenvalue weighted by Crippen LogP contribution is 2.35. The first kappa shape index (κ1) is 24.6. The average molecular weight is 475 g/mol. The van der Waals surface area contributed by atoms with Crippen LogP contribution in [0.2, 0.25) is 5.02 Å². The molecule has 32 heavy (non-hydrogen) atoms. The van der Waals surface area contributed by atoms with E-state index >= 15 is 0 Å². The number of rotatable bonds is 5. The Balaban J connectivity index is 0.00000289. The van der Waals surface area contributed by atoms with Gasteiger partial charge < -0.3 is 17.1 Å². The number of aryl methyl sites for hydroxylation is 1. The summed E-state index contributed by atoms with van der Waals surface area (Å²) in [6, 6.07) is 15.9. The van der Waals surface area contributed by atoms with Gasteiger partial charge in [0.25, 0.3) is 5.82 Å². The number of para-hydroxylation sites is 2. The van der Waals surface area contributed by atoms with Gasteiger partial charge in [0.2, 0.25) is 0 Å². The van der Waals surface area contributed by atoms with Crippen molar-refractivity contribution in [1.29, 1.82) is 0 Å². The fourth-order valence-corrected chi connectivity index (χ4v) is 5.21. The minimum absolute atomic E-state index is 0. The summed E-state index contributed by atoms with van der Waals surface area (Å²) in [5, 5.41) is 0.694. The fraction of sp³-hybridized carbons (Fsp3) is 0.462. The van der Waals surface area contributed by atoms with E-state index in [4.69, 9.17) is 16.3 Å². The predicted octanol–water partition coefficient (Wildman–Crippen LogP) is 2.79. The van der Waals surface area contributed by atoms with Crippen LogP contribution in [0.1, 0.15) is 40.0 Å². The average Bonchev–Trinajstić information content (AvgIpc) is 3.00. The van der Waals surface area contributed by atoms with Crippen LogP contribution in [0.3, 0.4) is 0 Å². The quantitative estimate of drug-likeness (QED) is 0.420. The summed E-state index contributed by atoms with van der Waals surface area (Å²) in [6.45, 7) is 6.92. The SMILES string of the molecule is CC1CCC(C(C)C)C(OC(=O)Cn2c(-c3ccc(Cl)cc3)[n+](C)c3ccccc32)C1.[Cl-]. The smallest absolute Gasteiger partial charge is 0.348 e. The van der Waals surface area contributed by atoms with Gasteiger partial charge in [0, 0.05) is 5.02 Å². The molecule has 0 bridgehead atoms. The lowest BCUT2D eigenvalue weighted by Gasteiger charge is -2.36. The van der Waals surface area contributed by atoms with Crippen molar-refractivity contribution in [2.75, 3.05) is 0 Å². The number of ether oxygens (including phenoxy) is 1. The molecule has 1 aromatic heterocycles. The standard InChI is InChI=1S/C26H32ClN2O2.ClH/c1-17(2)21-14-9-18(3)15-24(21)31-25(30)16-29-23-8-6-5-7-22(23)28(4)26(29)19-10-12-20(27)13-11-19;/h5-8,10-13,17-18,21,24H,9,14-16H2,1-4H3;1H/q+1;/p-1. The second kappa shape index (κ2) is 10.3. The Kier molecular flexibility index (Phi) is 7.89. The van der Waals surface area contributed by atoms with Crippen molar-refractivity contribution >= 4 is 28.6 Å². The number of hydrogen-bond acceptors (Lipinski definition) is 2. The van der Waals surface area contributed by atoms with E-state index < -0.39 is 0 Å². The van der Waals surface area contributed by atoms with E-state index in [0.717, 1.165) is 35.3 Å². The topological polar surface area (TPSA) is 35.1 Å². The van der Waals surface area contributed by atoms with E-state index in [0.29, 0.717) is 22.8 Å². The van der Waals surface area contributed by atoms with Gasteiger partial charge in [-0.3, -0.25) is 0 Å². The van der Waals surface area contributed by atoms with Gasteiger partial charge in [-0.2, -0.15) is 0 Å². The first-order valence-corrected chi connectivity index (χ1v) is 11.7. The zero-order valence-electron chi connectivity index (χ0n) is 19.2. The summed E-state index contributed by atoms with van der Waals surface area (Å²) >= 11 is 6.11. The highest BCUT2D eigenvalue weighted by atomic mass is 35.5. The minimum Gasteiger partial charge on any atom is -1.00 e. The van der Waals surface area contributed by atoms with Crippen molar-refractivity contribution in [3.63, 3.8) is 0 Å². The summed E-state index contributed by atoms with van der Waals surface area (Å²) in [6.07, 6.45) is 3.31. The molecule has 3 unspecified atom stereocenters. The molecule has 0 saturated heterocycles. The third-order valence-electron chi connectivity index (χ3n) is 6.74. The van der Waals surface area contributed by atoms with Gasteiger partial charge >= 0.3 is 5.97 Å². The van der Waals surface area contributed by atoms with Crippen LogP contribution in [0.4, 0.5) is 0 Å². The van der Waals surface area contributed by atoms with Crippen LogP contribution in [-0.4, -0.2) is 16.6 Å². The lowest BCUT2D eigenvalue weighted by Crippen LogP contribution is -3.00. The van der Waals surface area contributed by atoms with Gasteiger partial charge in [0.05, 0.1) is 12.6 Å². The Labute approximate surface area is 201 Å². The number of hydrogen-bond donors (Lipinski definition) is 0. The summed E-state index contributed by atoms with van der Waals surface area (Å²) in [5.74, 6) is 2.35. The third kappa shape index (κ3) is 4.97. The molecule has 1 saturated carbocycles. The molecule has 0 N–H and O–H groups in total. The number of fused-ring (bicyclic) bond motifs is 1. The number of imidazole rings is 1.